The fraction of sp³-hybridized carbons (Fsp3) is 0.136. The molecule has 0 saturated heterocycles. The Morgan fingerprint density at radius 1 is 0.923 bits per heavy atom. The van der Waals surface area contributed by atoms with E-state index in [0.29, 0.717) is 0 Å². The van der Waals surface area contributed by atoms with E-state index < -0.39 is 6.23 Å². The number of hydrogen-bond acceptors (Lipinski definition) is 3. The van der Waals surface area contributed by atoms with Crippen LogP contribution in [0, 0.1) is 0 Å². The molecule has 0 radical (unpaired) electrons. The average Bonchev–Trinajstić information content (AvgIpc) is 3.24. The van der Waals surface area contributed by atoms with Gasteiger partial charge in [-0.1, -0.05) is 72.8 Å². The first kappa shape index (κ1) is 16.5. The lowest BCUT2D eigenvalue weighted by molar-refractivity contribution is -0.0273. The van der Waals surface area contributed by atoms with Gasteiger partial charge in [-0.05, 0) is 21.9 Å². The minimum absolute atomic E-state index is 0.166. The molecule has 0 spiro atoms. The fourth-order valence-corrected chi connectivity index (χ4v) is 3.19. The number of aliphatic hydroxyl groups excluding tert-OH is 1. The van der Waals surface area contributed by atoms with Crippen LogP contribution in [0.3, 0.4) is 0 Å². The summed E-state index contributed by atoms with van der Waals surface area (Å²) in [4.78, 5) is 3.98. The normalized spacial score (nSPS) is 13.6. The summed E-state index contributed by atoms with van der Waals surface area (Å²) in [6.07, 6.45) is 3.91. The van der Waals surface area contributed by atoms with Gasteiger partial charge in [0.05, 0.1) is 12.9 Å². The molecule has 2 atom stereocenters. The van der Waals surface area contributed by atoms with Gasteiger partial charge in [0, 0.05) is 12.4 Å². The summed E-state index contributed by atoms with van der Waals surface area (Å²) in [6, 6.07) is 24.6. The molecule has 2 unspecified atom stereocenters. The molecular formula is C22H20N2O2. The number of rotatable bonds is 6. The van der Waals surface area contributed by atoms with Gasteiger partial charge in [-0.3, -0.25) is 0 Å². The van der Waals surface area contributed by atoms with Gasteiger partial charge in [0.25, 0.3) is 0 Å². The molecule has 4 heteroatoms. The Morgan fingerprint density at radius 2 is 1.69 bits per heavy atom. The first-order chi connectivity index (χ1) is 12.8. The van der Waals surface area contributed by atoms with Crippen molar-refractivity contribution in [2.45, 2.75) is 12.3 Å². The summed E-state index contributed by atoms with van der Waals surface area (Å²) in [6.45, 7) is 0.166. The molecule has 3 aromatic carbocycles. The number of fused-ring (bicyclic) bond motifs is 1. The van der Waals surface area contributed by atoms with E-state index in [0.717, 1.165) is 16.5 Å². The number of nitrogens with zero attached hydrogens (tertiary/aromatic N) is 2. The second kappa shape index (κ2) is 7.52. The van der Waals surface area contributed by atoms with Crippen LogP contribution in [0.1, 0.15) is 23.5 Å². The second-order valence-electron chi connectivity index (χ2n) is 6.18. The Labute approximate surface area is 152 Å². The molecule has 4 nitrogen and oxygen atoms in total. The highest BCUT2D eigenvalue weighted by Gasteiger charge is 2.19. The van der Waals surface area contributed by atoms with Gasteiger partial charge in [-0.25, -0.2) is 4.98 Å². The van der Waals surface area contributed by atoms with E-state index >= 15 is 0 Å². The molecule has 0 fully saturated rings. The zero-order valence-corrected chi connectivity index (χ0v) is 14.3. The highest BCUT2D eigenvalue weighted by atomic mass is 16.5. The Hall–Kier alpha value is -2.95. The second-order valence-corrected chi connectivity index (χ2v) is 6.18. The molecule has 1 heterocycles. The van der Waals surface area contributed by atoms with Gasteiger partial charge in [-0.15, -0.1) is 0 Å². The van der Waals surface area contributed by atoms with Gasteiger partial charge in [0.15, 0.2) is 6.23 Å². The maximum atomic E-state index is 10.4. The average molecular weight is 344 g/mol. The van der Waals surface area contributed by atoms with Crippen LogP contribution in [-0.2, 0) is 4.74 Å². The predicted octanol–water partition coefficient (Wildman–Crippen LogP) is 4.33. The molecular weight excluding hydrogens is 324 g/mol. The van der Waals surface area contributed by atoms with Gasteiger partial charge >= 0.3 is 0 Å². The van der Waals surface area contributed by atoms with Crippen LogP contribution in [0.5, 0.6) is 0 Å². The molecule has 0 aliphatic carbocycles. The Bertz CT molecular complexity index is 963. The summed E-state index contributed by atoms with van der Waals surface area (Å²) < 4.78 is 7.84. The smallest absolute Gasteiger partial charge is 0.155 e. The summed E-state index contributed by atoms with van der Waals surface area (Å²) in [5.74, 6) is 0. The number of aromatic nitrogens is 2. The number of benzene rings is 3. The summed E-state index contributed by atoms with van der Waals surface area (Å²) in [7, 11) is 0. The minimum atomic E-state index is -0.779. The molecule has 0 bridgehead atoms. The molecule has 0 aliphatic rings. The maximum absolute atomic E-state index is 10.4. The molecule has 0 amide bonds. The van der Waals surface area contributed by atoms with Gasteiger partial charge in [0.2, 0.25) is 0 Å². The van der Waals surface area contributed by atoms with Crippen molar-refractivity contribution in [3.8, 4) is 0 Å². The van der Waals surface area contributed by atoms with E-state index in [-0.39, 0.29) is 12.7 Å². The van der Waals surface area contributed by atoms with Crippen LogP contribution in [0.4, 0.5) is 0 Å². The largest absolute Gasteiger partial charge is 0.371 e. The van der Waals surface area contributed by atoms with Crippen molar-refractivity contribution in [3.63, 3.8) is 0 Å². The minimum Gasteiger partial charge on any atom is -0.371 e. The number of imidazole rings is 1. The molecule has 4 rings (SSSR count). The summed E-state index contributed by atoms with van der Waals surface area (Å²) >= 11 is 0. The monoisotopic (exact) mass is 344 g/mol. The predicted molar refractivity (Wildman–Crippen MR) is 102 cm³/mol. The van der Waals surface area contributed by atoms with Crippen LogP contribution in [0.15, 0.2) is 91.5 Å². The third kappa shape index (κ3) is 3.38. The van der Waals surface area contributed by atoms with Crippen LogP contribution >= 0.6 is 0 Å². The number of aliphatic hydroxyl groups is 1. The SMILES string of the molecule is OC(COC(c1ccccc1)c1cccc2ccccc12)n1ccnc1. The van der Waals surface area contributed by atoms with Crippen molar-refractivity contribution in [2.24, 2.45) is 0 Å². The number of hydrogen-bond donors (Lipinski definition) is 1. The van der Waals surface area contributed by atoms with Crippen molar-refractivity contribution in [1.82, 2.24) is 9.55 Å². The Balaban J connectivity index is 1.69. The van der Waals surface area contributed by atoms with Crippen molar-refractivity contribution in [1.29, 1.82) is 0 Å². The van der Waals surface area contributed by atoms with Crippen molar-refractivity contribution >= 4 is 10.8 Å². The highest BCUT2D eigenvalue weighted by Crippen LogP contribution is 2.32. The van der Waals surface area contributed by atoms with Gasteiger partial charge in [0.1, 0.15) is 6.10 Å². The fourth-order valence-electron chi connectivity index (χ4n) is 3.19. The number of ether oxygens (including phenoxy) is 1. The molecule has 1 aromatic heterocycles. The first-order valence-electron chi connectivity index (χ1n) is 8.62. The van der Waals surface area contributed by atoms with Crippen LogP contribution < -0.4 is 0 Å². The topological polar surface area (TPSA) is 47.3 Å². The molecule has 4 aromatic rings. The molecule has 0 aliphatic heterocycles. The lowest BCUT2D eigenvalue weighted by atomic mass is 9.96. The lowest BCUT2D eigenvalue weighted by Gasteiger charge is -2.22. The third-order valence-electron chi connectivity index (χ3n) is 4.49. The molecule has 26 heavy (non-hydrogen) atoms. The van der Waals surface area contributed by atoms with E-state index in [1.165, 1.54) is 5.39 Å². The van der Waals surface area contributed by atoms with E-state index in [2.05, 4.69) is 41.4 Å². The molecule has 0 saturated carbocycles. The zero-order chi connectivity index (χ0) is 17.8. The zero-order valence-electron chi connectivity index (χ0n) is 14.3. The quantitative estimate of drug-likeness (QED) is 0.566. The van der Waals surface area contributed by atoms with E-state index in [1.54, 1.807) is 23.3 Å². The summed E-state index contributed by atoms with van der Waals surface area (Å²) in [5, 5.41) is 12.7. The van der Waals surface area contributed by atoms with Gasteiger partial charge in [-0.2, -0.15) is 0 Å². The van der Waals surface area contributed by atoms with Crippen LogP contribution in [-0.4, -0.2) is 21.3 Å². The van der Waals surface area contributed by atoms with Crippen molar-refractivity contribution < 1.29 is 9.84 Å². The molecule has 1 N–H and O–H groups in total. The molecule has 130 valence electrons. The maximum Gasteiger partial charge on any atom is 0.155 e. The van der Waals surface area contributed by atoms with Crippen molar-refractivity contribution in [2.75, 3.05) is 6.61 Å². The van der Waals surface area contributed by atoms with Gasteiger partial charge < -0.3 is 14.4 Å². The van der Waals surface area contributed by atoms with E-state index in [1.807, 2.05) is 36.4 Å². The van der Waals surface area contributed by atoms with Crippen LogP contribution in [0.25, 0.3) is 10.8 Å². The van der Waals surface area contributed by atoms with E-state index in [4.69, 9.17) is 4.74 Å². The Morgan fingerprint density at radius 3 is 2.50 bits per heavy atom. The standard InChI is InChI=1S/C22H20N2O2/c25-21(24-14-13-23-16-24)15-26-22(18-8-2-1-3-9-18)20-12-6-10-17-7-4-5-11-19(17)20/h1-14,16,21-22,25H,15H2. The summed E-state index contributed by atoms with van der Waals surface area (Å²) in [5.41, 5.74) is 2.15. The third-order valence-corrected chi connectivity index (χ3v) is 4.49. The van der Waals surface area contributed by atoms with Crippen LogP contribution in [0.2, 0.25) is 0 Å². The Kier molecular flexibility index (Phi) is 4.78. The van der Waals surface area contributed by atoms with E-state index in [9.17, 15) is 5.11 Å². The highest BCUT2D eigenvalue weighted by molar-refractivity contribution is 5.86. The first-order valence-corrected chi connectivity index (χ1v) is 8.62. The lowest BCUT2D eigenvalue weighted by Crippen LogP contribution is -2.17. The van der Waals surface area contributed by atoms with Crippen molar-refractivity contribution in [3.05, 3.63) is 103 Å².